The number of carboxylic acid groups (broad SMARTS) is 1. The maximum atomic E-state index is 13.3. The summed E-state index contributed by atoms with van der Waals surface area (Å²) in [6, 6.07) is -2.62. The summed E-state index contributed by atoms with van der Waals surface area (Å²) in [6.07, 6.45) is 5.34. The molecule has 472 valence electrons. The summed E-state index contributed by atoms with van der Waals surface area (Å²) in [5, 5.41) is 135. The Labute approximate surface area is 479 Å². The van der Waals surface area contributed by atoms with E-state index in [0.29, 0.717) is 12.8 Å². The zero-order valence-electron chi connectivity index (χ0n) is 48.4. The lowest BCUT2D eigenvalue weighted by molar-refractivity contribution is -0.386. The number of carboxylic acids is 1. The number of carbonyl (C=O) groups is 3. The van der Waals surface area contributed by atoms with Crippen molar-refractivity contribution in [1.29, 1.82) is 0 Å². The number of aliphatic carboxylic acids is 1. The Kier molecular flexibility index (Phi) is 36.2. The first-order chi connectivity index (χ1) is 38.9. The lowest BCUT2D eigenvalue weighted by Crippen LogP contribution is -2.70. The number of hydrogen-bond acceptors (Lipinski definition) is 20. The van der Waals surface area contributed by atoms with E-state index in [-0.39, 0.29) is 12.3 Å². The quantitative estimate of drug-likeness (QED) is 0.0308. The van der Waals surface area contributed by atoms with Gasteiger partial charge in [0.15, 0.2) is 12.6 Å². The Hall–Kier alpha value is -2.79. The Morgan fingerprint density at radius 3 is 1.68 bits per heavy atom. The summed E-state index contributed by atoms with van der Waals surface area (Å²) < 4.78 is 34.6. The fraction of sp³-hybridized carbons (Fsp3) is 0.879. The van der Waals surface area contributed by atoms with Gasteiger partial charge in [0.05, 0.1) is 50.7 Å². The molecule has 3 heterocycles. The summed E-state index contributed by atoms with van der Waals surface area (Å²) in [7, 11) is 0. The van der Waals surface area contributed by atoms with E-state index >= 15 is 0 Å². The molecule has 0 bridgehead atoms. The summed E-state index contributed by atoms with van der Waals surface area (Å²) in [6.45, 7) is 2.06. The first-order valence-corrected chi connectivity index (χ1v) is 30.2. The molecule has 0 spiro atoms. The Morgan fingerprint density at radius 2 is 1.16 bits per heavy atom. The molecule has 3 saturated heterocycles. The number of nitrogens with one attached hydrogen (secondary N) is 2. The summed E-state index contributed by atoms with van der Waals surface area (Å²) in [5.74, 6) is -6.16. The summed E-state index contributed by atoms with van der Waals surface area (Å²) in [4.78, 5) is 38.3. The van der Waals surface area contributed by atoms with Gasteiger partial charge < -0.3 is 100 Å². The molecule has 0 unspecified atom stereocenters. The van der Waals surface area contributed by atoms with Gasteiger partial charge in [0.25, 0.3) is 5.79 Å². The highest BCUT2D eigenvalue weighted by molar-refractivity contribution is 5.77. The van der Waals surface area contributed by atoms with E-state index in [1.54, 1.807) is 6.08 Å². The van der Waals surface area contributed by atoms with E-state index < -0.39 is 155 Å². The monoisotopic (exact) mass is 1160 g/mol. The van der Waals surface area contributed by atoms with E-state index in [2.05, 4.69) is 36.6 Å². The van der Waals surface area contributed by atoms with Crippen LogP contribution >= 0.6 is 0 Å². The highest BCUT2D eigenvalue weighted by Gasteiger charge is 2.60. The van der Waals surface area contributed by atoms with Crippen LogP contribution in [-0.4, -0.2) is 215 Å². The molecule has 0 saturated carbocycles. The Bertz CT molecular complexity index is 1770. The molecule has 3 aliphatic rings. The fourth-order valence-electron chi connectivity index (χ4n) is 10.5. The summed E-state index contributed by atoms with van der Waals surface area (Å²) >= 11 is 0. The molecule has 23 heteroatoms. The second kappa shape index (κ2) is 40.5. The molecule has 14 N–H and O–H groups in total. The van der Waals surface area contributed by atoms with Gasteiger partial charge >= 0.3 is 5.97 Å². The molecule has 3 fully saturated rings. The van der Waals surface area contributed by atoms with Crippen LogP contribution in [0.3, 0.4) is 0 Å². The predicted octanol–water partition coefficient (Wildman–Crippen LogP) is 2.55. The molecule has 18 atom stereocenters. The maximum Gasteiger partial charge on any atom is 0.364 e. The molecule has 0 aliphatic carbocycles. The largest absolute Gasteiger partial charge is 0.477 e. The zero-order valence-corrected chi connectivity index (χ0v) is 48.4. The third-order valence-corrected chi connectivity index (χ3v) is 15.4. The van der Waals surface area contributed by atoms with Crippen LogP contribution in [0.25, 0.3) is 0 Å². The third kappa shape index (κ3) is 25.0. The first kappa shape index (κ1) is 72.5. The number of aliphatic hydroxyl groups excluding tert-OH is 11. The van der Waals surface area contributed by atoms with Crippen LogP contribution in [0.4, 0.5) is 0 Å². The number of aliphatic hydroxyl groups is 11. The molecular weight excluding hydrogens is 1060 g/mol. The minimum atomic E-state index is -3.08. The van der Waals surface area contributed by atoms with Crippen molar-refractivity contribution in [3.8, 4) is 0 Å². The number of carbonyl (C=O) groups excluding carboxylic acids is 2. The molecule has 0 aromatic heterocycles. The van der Waals surface area contributed by atoms with E-state index in [1.165, 1.54) is 83.5 Å². The molecular formula is C58H104N2O21. The van der Waals surface area contributed by atoms with Crippen molar-refractivity contribution in [3.63, 3.8) is 0 Å². The number of ether oxygens (including phenoxy) is 6. The van der Waals surface area contributed by atoms with Crippen molar-refractivity contribution in [2.45, 2.75) is 298 Å². The number of hydrogen-bond donors (Lipinski definition) is 14. The molecule has 3 rings (SSSR count). The van der Waals surface area contributed by atoms with Crippen LogP contribution < -0.4 is 10.6 Å². The SMILES string of the molecule is CCCCCCCC=CCCCCCCCC(=O)N[C@@H](CO[C@@H]1O[C@H](CO)[C@@H](O[C@@H]2O[C@H](CO)[C@H](O)[C@H](O[C@]3(C(=O)O)C[C@H](O)[C@@H](NC(C)=O)[C@@H]([C@H](O)[C@H](O)CO)O3)[C@H]2O)[C@H](O)[C@H]1O)[C@H](O)C=CCCCCCCCCCCCCC. The van der Waals surface area contributed by atoms with Crippen molar-refractivity contribution < 1.29 is 104 Å². The normalized spacial score (nSPS) is 30.6. The smallest absolute Gasteiger partial charge is 0.364 e. The average molecular weight is 1170 g/mol. The highest BCUT2D eigenvalue weighted by atomic mass is 16.8. The van der Waals surface area contributed by atoms with E-state index in [0.717, 1.165) is 64.7 Å². The van der Waals surface area contributed by atoms with Crippen LogP contribution in [0.1, 0.15) is 188 Å². The molecule has 0 aromatic rings. The van der Waals surface area contributed by atoms with E-state index in [9.17, 15) is 75.7 Å². The highest BCUT2D eigenvalue weighted by Crippen LogP contribution is 2.38. The number of rotatable bonds is 43. The third-order valence-electron chi connectivity index (χ3n) is 15.4. The van der Waals surface area contributed by atoms with Gasteiger partial charge in [-0.15, -0.1) is 0 Å². The van der Waals surface area contributed by atoms with Crippen LogP contribution in [0.5, 0.6) is 0 Å². The molecule has 0 radical (unpaired) electrons. The van der Waals surface area contributed by atoms with Gasteiger partial charge in [0.2, 0.25) is 11.8 Å². The van der Waals surface area contributed by atoms with Gasteiger partial charge in [-0.3, -0.25) is 9.59 Å². The standard InChI is InChI=1S/C58H104N2O21/c1-4-6-8-10-12-14-16-18-20-22-24-26-28-30-32-45(68)60-39(40(65)31-29-27-25-23-21-19-17-15-13-11-9-7-5-2)37-76-55-50(72)49(71)52(44(36-63)78-55)79-56-51(73)54(48(70)43(35-62)77-56)81-58(57(74)75)33-41(66)46(59-38(3)64)53(80-58)47(69)42(67)34-61/h16,18,29,31,39-44,46-56,61-63,65-67,69-73H,4-15,17,19-28,30,32-37H2,1-3H3,(H,59,64)(H,60,68)(H,74,75)/t39-,40+,41-,42+,43+,44+,46+,47+,48-,49+,50+,51+,52+,53-,54-,55+,56-,58-/m0/s1. The Morgan fingerprint density at radius 1 is 0.642 bits per heavy atom. The molecule has 0 aromatic carbocycles. The predicted molar refractivity (Wildman–Crippen MR) is 297 cm³/mol. The van der Waals surface area contributed by atoms with Crippen LogP contribution in [0.2, 0.25) is 0 Å². The first-order valence-electron chi connectivity index (χ1n) is 30.2. The van der Waals surface area contributed by atoms with Gasteiger partial charge in [-0.25, -0.2) is 4.79 Å². The molecule has 2 amide bonds. The van der Waals surface area contributed by atoms with Crippen molar-refractivity contribution >= 4 is 17.8 Å². The van der Waals surface area contributed by atoms with Gasteiger partial charge in [-0.1, -0.05) is 147 Å². The lowest BCUT2D eigenvalue weighted by Gasteiger charge is -2.50. The fourth-order valence-corrected chi connectivity index (χ4v) is 10.5. The zero-order chi connectivity index (χ0) is 59.7. The lowest BCUT2D eigenvalue weighted by atomic mass is 9.88. The second-order valence-corrected chi connectivity index (χ2v) is 22.2. The van der Waals surface area contributed by atoms with Gasteiger partial charge in [0.1, 0.15) is 67.1 Å². The minimum absolute atomic E-state index is 0.190. The number of unbranched alkanes of at least 4 members (excludes halogenated alkanes) is 21. The number of allylic oxidation sites excluding steroid dienone is 3. The van der Waals surface area contributed by atoms with Crippen LogP contribution in [-0.2, 0) is 42.8 Å². The van der Waals surface area contributed by atoms with Crippen molar-refractivity contribution in [2.75, 3.05) is 26.4 Å². The number of amides is 2. The minimum Gasteiger partial charge on any atom is -0.477 e. The second-order valence-electron chi connectivity index (χ2n) is 22.2. The summed E-state index contributed by atoms with van der Waals surface area (Å²) in [5.41, 5.74) is 0. The van der Waals surface area contributed by atoms with Gasteiger partial charge in [0, 0.05) is 19.8 Å². The van der Waals surface area contributed by atoms with Gasteiger partial charge in [-0.05, 0) is 44.9 Å². The van der Waals surface area contributed by atoms with Crippen molar-refractivity contribution in [3.05, 3.63) is 24.3 Å². The van der Waals surface area contributed by atoms with Crippen LogP contribution in [0.15, 0.2) is 24.3 Å². The average Bonchev–Trinajstić information content (AvgIpc) is 3.44. The van der Waals surface area contributed by atoms with E-state index in [1.807, 2.05) is 6.08 Å². The van der Waals surface area contributed by atoms with Crippen molar-refractivity contribution in [1.82, 2.24) is 10.6 Å². The van der Waals surface area contributed by atoms with Gasteiger partial charge in [-0.2, -0.15) is 0 Å². The van der Waals surface area contributed by atoms with Crippen LogP contribution in [0, 0.1) is 0 Å². The topological polar surface area (TPSA) is 373 Å². The molecule has 23 nitrogen and oxygen atoms in total. The Balaban J connectivity index is 1.68. The molecule has 81 heavy (non-hydrogen) atoms. The van der Waals surface area contributed by atoms with E-state index in [4.69, 9.17) is 28.4 Å². The maximum absolute atomic E-state index is 13.3. The molecule has 3 aliphatic heterocycles. The van der Waals surface area contributed by atoms with Crippen molar-refractivity contribution in [2.24, 2.45) is 0 Å².